The number of likely N-dealkylation sites (N-methyl/N-ethyl adjacent to an activating group) is 1. The van der Waals surface area contributed by atoms with Gasteiger partial charge in [-0.05, 0) is 38.8 Å². The van der Waals surface area contributed by atoms with E-state index >= 15 is 0 Å². The first-order valence-corrected chi connectivity index (χ1v) is 6.72. The van der Waals surface area contributed by atoms with Gasteiger partial charge in [-0.3, -0.25) is 10.1 Å². The van der Waals surface area contributed by atoms with Gasteiger partial charge in [-0.15, -0.1) is 0 Å². The molecule has 1 aromatic heterocycles. The number of aromatic nitrogens is 1. The Balaban J connectivity index is 2.24. The predicted octanol–water partition coefficient (Wildman–Crippen LogP) is 1.88. The fourth-order valence-corrected chi connectivity index (χ4v) is 2.63. The number of nitro groups is 1. The molecule has 104 valence electrons. The van der Waals surface area contributed by atoms with E-state index in [2.05, 4.69) is 22.1 Å². The maximum Gasteiger partial charge on any atom is 0.287 e. The Labute approximate surface area is 113 Å². The topological polar surface area (TPSA) is 71.3 Å². The van der Waals surface area contributed by atoms with E-state index in [0.29, 0.717) is 6.04 Å². The van der Waals surface area contributed by atoms with Crippen molar-refractivity contribution in [3.05, 3.63) is 27.9 Å². The molecule has 0 aromatic carbocycles. The molecule has 1 aliphatic heterocycles. The van der Waals surface area contributed by atoms with Gasteiger partial charge in [-0.2, -0.15) is 0 Å². The molecule has 1 N–H and O–H groups in total. The Bertz CT molecular complexity index is 458. The van der Waals surface area contributed by atoms with Crippen LogP contribution in [-0.2, 0) is 0 Å². The summed E-state index contributed by atoms with van der Waals surface area (Å²) in [4.78, 5) is 16.9. The number of nitrogens with one attached hydrogen (secondary N) is 1. The summed E-state index contributed by atoms with van der Waals surface area (Å²) in [5.74, 6) is 0.863. The van der Waals surface area contributed by atoms with Crippen LogP contribution in [0.1, 0.15) is 25.3 Å². The van der Waals surface area contributed by atoms with Crippen molar-refractivity contribution < 1.29 is 4.92 Å². The van der Waals surface area contributed by atoms with Gasteiger partial charge in [0.25, 0.3) is 5.69 Å². The normalized spacial score (nSPS) is 19.2. The first-order chi connectivity index (χ1) is 9.13. The van der Waals surface area contributed by atoms with Crippen LogP contribution < -0.4 is 10.2 Å². The van der Waals surface area contributed by atoms with E-state index in [4.69, 9.17) is 0 Å². The van der Waals surface area contributed by atoms with E-state index < -0.39 is 4.92 Å². The number of rotatable bonds is 4. The lowest BCUT2D eigenvalue weighted by Crippen LogP contribution is -2.46. The van der Waals surface area contributed by atoms with E-state index in [9.17, 15) is 10.1 Å². The number of piperidine rings is 1. The Morgan fingerprint density at radius 3 is 2.95 bits per heavy atom. The summed E-state index contributed by atoms with van der Waals surface area (Å²) < 4.78 is 0. The number of aryl methyl sites for hydroxylation is 1. The summed E-state index contributed by atoms with van der Waals surface area (Å²) in [6.45, 7) is 6.86. The lowest BCUT2D eigenvalue weighted by atomic mass is 10.1. The van der Waals surface area contributed by atoms with Crippen molar-refractivity contribution in [2.24, 2.45) is 0 Å². The van der Waals surface area contributed by atoms with E-state index in [1.165, 1.54) is 6.20 Å². The summed E-state index contributed by atoms with van der Waals surface area (Å²) >= 11 is 0. The van der Waals surface area contributed by atoms with Crippen LogP contribution in [0.4, 0.5) is 11.5 Å². The summed E-state index contributed by atoms with van der Waals surface area (Å²) in [5, 5.41) is 14.1. The number of anilines is 1. The summed E-state index contributed by atoms with van der Waals surface area (Å²) in [7, 11) is 0. The molecule has 1 atom stereocenters. The van der Waals surface area contributed by atoms with Gasteiger partial charge in [-0.1, -0.05) is 0 Å². The summed E-state index contributed by atoms with van der Waals surface area (Å²) in [6.07, 6.45) is 3.65. The van der Waals surface area contributed by atoms with Gasteiger partial charge >= 0.3 is 0 Å². The van der Waals surface area contributed by atoms with Crippen molar-refractivity contribution in [1.82, 2.24) is 10.3 Å². The number of nitrogens with zero attached hydrogens (tertiary/aromatic N) is 3. The average Bonchev–Trinajstić information content (AvgIpc) is 2.42. The number of pyridine rings is 1. The lowest BCUT2D eigenvalue weighted by molar-refractivity contribution is -0.385. The fraction of sp³-hybridized carbons (Fsp3) is 0.615. The highest BCUT2D eigenvalue weighted by atomic mass is 16.6. The molecule has 1 aliphatic rings. The van der Waals surface area contributed by atoms with Crippen LogP contribution in [-0.4, -0.2) is 35.6 Å². The SMILES string of the molecule is CCN(c1ncc([N+](=O)[O-])cc1C)C1CCCNC1. The minimum Gasteiger partial charge on any atom is -0.352 e. The van der Waals surface area contributed by atoms with Crippen LogP contribution in [0.25, 0.3) is 0 Å². The van der Waals surface area contributed by atoms with Crippen LogP contribution in [0.15, 0.2) is 12.3 Å². The van der Waals surface area contributed by atoms with Gasteiger partial charge in [0.2, 0.25) is 0 Å². The van der Waals surface area contributed by atoms with E-state index in [0.717, 1.165) is 43.9 Å². The summed E-state index contributed by atoms with van der Waals surface area (Å²) in [5.41, 5.74) is 0.917. The smallest absolute Gasteiger partial charge is 0.287 e. The molecule has 19 heavy (non-hydrogen) atoms. The monoisotopic (exact) mass is 264 g/mol. The van der Waals surface area contributed by atoms with Crippen LogP contribution in [0.5, 0.6) is 0 Å². The van der Waals surface area contributed by atoms with Crippen LogP contribution in [0, 0.1) is 17.0 Å². The van der Waals surface area contributed by atoms with Crippen molar-refractivity contribution in [3.8, 4) is 0 Å². The molecule has 0 amide bonds. The second kappa shape index (κ2) is 5.97. The molecule has 1 fully saturated rings. The highest BCUT2D eigenvalue weighted by Gasteiger charge is 2.23. The molecule has 2 heterocycles. The fourth-order valence-electron chi connectivity index (χ4n) is 2.63. The molecule has 2 rings (SSSR count). The zero-order valence-corrected chi connectivity index (χ0v) is 11.4. The minimum atomic E-state index is -0.401. The van der Waals surface area contributed by atoms with Crippen molar-refractivity contribution in [2.45, 2.75) is 32.7 Å². The van der Waals surface area contributed by atoms with Gasteiger partial charge in [-0.25, -0.2) is 4.98 Å². The standard InChI is InChI=1S/C13H20N4O2/c1-3-16(11-5-4-6-14-8-11)13-10(2)7-12(9-15-13)17(18)19/h7,9,11,14H,3-6,8H2,1-2H3. The second-order valence-electron chi connectivity index (χ2n) is 4.88. The highest BCUT2D eigenvalue weighted by Crippen LogP contribution is 2.24. The molecule has 0 spiro atoms. The first kappa shape index (κ1) is 13.7. The lowest BCUT2D eigenvalue weighted by Gasteiger charge is -2.35. The average molecular weight is 264 g/mol. The maximum atomic E-state index is 10.7. The third-order valence-electron chi connectivity index (χ3n) is 3.57. The van der Waals surface area contributed by atoms with Gasteiger partial charge in [0, 0.05) is 25.2 Å². The Hall–Kier alpha value is -1.69. The first-order valence-electron chi connectivity index (χ1n) is 6.72. The molecule has 1 saturated heterocycles. The minimum absolute atomic E-state index is 0.0547. The molecule has 0 saturated carbocycles. The van der Waals surface area contributed by atoms with Gasteiger partial charge < -0.3 is 10.2 Å². The molecule has 1 aromatic rings. The molecule has 1 unspecified atom stereocenters. The van der Waals surface area contributed by atoms with E-state index in [1.807, 2.05) is 6.92 Å². The van der Waals surface area contributed by atoms with Gasteiger partial charge in [0.15, 0.2) is 0 Å². The third-order valence-corrected chi connectivity index (χ3v) is 3.57. The molecular weight excluding hydrogens is 244 g/mol. The Kier molecular flexibility index (Phi) is 4.31. The molecule has 0 radical (unpaired) electrons. The van der Waals surface area contributed by atoms with Gasteiger partial charge in [0.1, 0.15) is 12.0 Å². The molecule has 6 nitrogen and oxygen atoms in total. The third kappa shape index (κ3) is 3.01. The zero-order chi connectivity index (χ0) is 13.8. The Morgan fingerprint density at radius 2 is 2.42 bits per heavy atom. The quantitative estimate of drug-likeness (QED) is 0.664. The number of hydrogen-bond donors (Lipinski definition) is 1. The molecular formula is C13H20N4O2. The second-order valence-corrected chi connectivity index (χ2v) is 4.88. The summed E-state index contributed by atoms with van der Waals surface area (Å²) in [6, 6.07) is 2.02. The van der Waals surface area contributed by atoms with Crippen LogP contribution >= 0.6 is 0 Å². The largest absolute Gasteiger partial charge is 0.352 e. The van der Waals surface area contributed by atoms with E-state index in [-0.39, 0.29) is 5.69 Å². The molecule has 0 aliphatic carbocycles. The predicted molar refractivity (Wildman–Crippen MR) is 74.5 cm³/mol. The van der Waals surface area contributed by atoms with Crippen LogP contribution in [0.3, 0.4) is 0 Å². The van der Waals surface area contributed by atoms with Crippen LogP contribution in [0.2, 0.25) is 0 Å². The van der Waals surface area contributed by atoms with E-state index in [1.54, 1.807) is 6.07 Å². The Morgan fingerprint density at radius 1 is 1.63 bits per heavy atom. The van der Waals surface area contributed by atoms with Crippen molar-refractivity contribution in [3.63, 3.8) is 0 Å². The van der Waals surface area contributed by atoms with Crippen molar-refractivity contribution in [1.29, 1.82) is 0 Å². The maximum absolute atomic E-state index is 10.7. The van der Waals surface area contributed by atoms with Crippen molar-refractivity contribution in [2.75, 3.05) is 24.5 Å². The van der Waals surface area contributed by atoms with Gasteiger partial charge in [0.05, 0.1) is 4.92 Å². The molecule has 6 heteroatoms. The number of hydrogen-bond acceptors (Lipinski definition) is 5. The zero-order valence-electron chi connectivity index (χ0n) is 11.4. The van der Waals surface area contributed by atoms with Crippen molar-refractivity contribution >= 4 is 11.5 Å². The highest BCUT2D eigenvalue weighted by molar-refractivity contribution is 5.51. The molecule has 0 bridgehead atoms.